The van der Waals surface area contributed by atoms with Crippen molar-refractivity contribution in [2.45, 2.75) is 13.0 Å². The van der Waals surface area contributed by atoms with Crippen LogP contribution in [-0.4, -0.2) is 43.5 Å². The largest absolute Gasteiger partial charge is 0.486 e. The van der Waals surface area contributed by atoms with Gasteiger partial charge < -0.3 is 19.5 Å². The Hall–Kier alpha value is -3.35. The van der Waals surface area contributed by atoms with Crippen LogP contribution in [0.3, 0.4) is 0 Å². The Morgan fingerprint density at radius 2 is 1.70 bits per heavy atom. The zero-order chi connectivity index (χ0) is 19.2. The first-order valence-electron chi connectivity index (χ1n) is 8.50. The van der Waals surface area contributed by atoms with Gasteiger partial charge in [-0.1, -0.05) is 18.2 Å². The SMILES string of the molecule is C[C@H](NC(=O)c1ccccc1)C(=O)OCC(=O)c1ccc2c(c1)OCCO2. The van der Waals surface area contributed by atoms with Crippen molar-refractivity contribution in [3.05, 3.63) is 59.7 Å². The van der Waals surface area contributed by atoms with Crippen LogP contribution in [0.25, 0.3) is 0 Å². The average molecular weight is 369 g/mol. The van der Waals surface area contributed by atoms with Crippen molar-refractivity contribution in [3.63, 3.8) is 0 Å². The molecule has 7 nitrogen and oxygen atoms in total. The number of carbonyl (C=O) groups excluding carboxylic acids is 3. The van der Waals surface area contributed by atoms with Crippen LogP contribution in [0.5, 0.6) is 11.5 Å². The summed E-state index contributed by atoms with van der Waals surface area (Å²) in [6, 6.07) is 12.4. The zero-order valence-corrected chi connectivity index (χ0v) is 14.8. The lowest BCUT2D eigenvalue weighted by Crippen LogP contribution is -2.40. The van der Waals surface area contributed by atoms with Crippen LogP contribution < -0.4 is 14.8 Å². The second kappa shape index (κ2) is 8.35. The number of ether oxygens (including phenoxy) is 3. The van der Waals surface area contributed by atoms with Gasteiger partial charge in [0.1, 0.15) is 19.3 Å². The average Bonchev–Trinajstić information content (AvgIpc) is 2.71. The van der Waals surface area contributed by atoms with E-state index < -0.39 is 24.5 Å². The summed E-state index contributed by atoms with van der Waals surface area (Å²) in [5.74, 6) is -0.390. The predicted octanol–water partition coefficient (Wildman–Crippen LogP) is 2.00. The predicted molar refractivity (Wildman–Crippen MR) is 96.1 cm³/mol. The Kier molecular flexibility index (Phi) is 5.71. The molecule has 140 valence electrons. The fourth-order valence-corrected chi connectivity index (χ4v) is 2.49. The Morgan fingerprint density at radius 1 is 1.00 bits per heavy atom. The van der Waals surface area contributed by atoms with E-state index in [9.17, 15) is 14.4 Å². The summed E-state index contributed by atoms with van der Waals surface area (Å²) in [5.41, 5.74) is 0.789. The van der Waals surface area contributed by atoms with Gasteiger partial charge in [-0.05, 0) is 37.3 Å². The van der Waals surface area contributed by atoms with Gasteiger partial charge in [-0.25, -0.2) is 4.79 Å². The number of amides is 1. The molecular formula is C20H19NO6. The molecule has 2 aromatic carbocycles. The van der Waals surface area contributed by atoms with Gasteiger partial charge in [-0.15, -0.1) is 0 Å². The van der Waals surface area contributed by atoms with E-state index in [2.05, 4.69) is 5.32 Å². The molecule has 0 fully saturated rings. The topological polar surface area (TPSA) is 90.9 Å². The number of nitrogens with one attached hydrogen (secondary N) is 1. The molecule has 7 heteroatoms. The van der Waals surface area contributed by atoms with Crippen molar-refractivity contribution >= 4 is 17.7 Å². The molecule has 1 heterocycles. The van der Waals surface area contributed by atoms with Crippen molar-refractivity contribution in [1.82, 2.24) is 5.32 Å². The number of rotatable bonds is 6. The van der Waals surface area contributed by atoms with Crippen LogP contribution in [0, 0.1) is 0 Å². The highest BCUT2D eigenvalue weighted by Crippen LogP contribution is 2.30. The van der Waals surface area contributed by atoms with E-state index >= 15 is 0 Å². The van der Waals surface area contributed by atoms with Gasteiger partial charge in [0.15, 0.2) is 23.9 Å². The lowest BCUT2D eigenvalue weighted by Gasteiger charge is -2.18. The molecule has 1 atom stereocenters. The molecule has 1 amide bonds. The molecule has 0 aliphatic carbocycles. The second-order valence-electron chi connectivity index (χ2n) is 5.95. The molecule has 0 saturated heterocycles. The van der Waals surface area contributed by atoms with Crippen LogP contribution in [0.4, 0.5) is 0 Å². The summed E-state index contributed by atoms with van der Waals surface area (Å²) < 4.78 is 15.9. The summed E-state index contributed by atoms with van der Waals surface area (Å²) in [6.45, 7) is 1.95. The number of hydrogen-bond acceptors (Lipinski definition) is 6. The van der Waals surface area contributed by atoms with Gasteiger partial charge in [0.05, 0.1) is 0 Å². The Labute approximate surface area is 156 Å². The number of esters is 1. The number of ketones is 1. The third kappa shape index (κ3) is 4.63. The smallest absolute Gasteiger partial charge is 0.328 e. The number of fused-ring (bicyclic) bond motifs is 1. The molecule has 3 rings (SSSR count). The van der Waals surface area contributed by atoms with Crippen molar-refractivity contribution in [3.8, 4) is 11.5 Å². The maximum absolute atomic E-state index is 12.2. The Balaban J connectivity index is 1.52. The van der Waals surface area contributed by atoms with E-state index in [1.807, 2.05) is 0 Å². The third-order valence-electron chi connectivity index (χ3n) is 3.95. The van der Waals surface area contributed by atoms with Gasteiger partial charge in [-0.2, -0.15) is 0 Å². The minimum atomic E-state index is -0.884. The van der Waals surface area contributed by atoms with Crippen LogP contribution >= 0.6 is 0 Å². The van der Waals surface area contributed by atoms with Crippen molar-refractivity contribution < 1.29 is 28.6 Å². The first-order chi connectivity index (χ1) is 13.0. The van der Waals surface area contributed by atoms with Gasteiger partial charge in [-0.3, -0.25) is 9.59 Å². The quantitative estimate of drug-likeness (QED) is 0.619. The molecule has 2 aromatic rings. The maximum Gasteiger partial charge on any atom is 0.328 e. The second-order valence-corrected chi connectivity index (χ2v) is 5.95. The summed E-state index contributed by atoms with van der Waals surface area (Å²) in [5, 5.41) is 2.54. The van der Waals surface area contributed by atoms with Crippen LogP contribution in [0.2, 0.25) is 0 Å². The monoisotopic (exact) mass is 369 g/mol. The number of benzene rings is 2. The molecule has 0 radical (unpaired) electrons. The molecule has 0 bridgehead atoms. The standard InChI is InChI=1S/C20H19NO6/c1-13(21-19(23)14-5-3-2-4-6-14)20(24)27-12-16(22)15-7-8-17-18(11-15)26-10-9-25-17/h2-8,11,13H,9-10,12H2,1H3,(H,21,23)/t13-/m0/s1. The van der Waals surface area contributed by atoms with Crippen LogP contribution in [-0.2, 0) is 9.53 Å². The van der Waals surface area contributed by atoms with E-state index in [1.54, 1.807) is 48.5 Å². The molecule has 1 N–H and O–H groups in total. The summed E-state index contributed by atoms with van der Waals surface area (Å²) >= 11 is 0. The summed E-state index contributed by atoms with van der Waals surface area (Å²) in [4.78, 5) is 36.3. The number of hydrogen-bond donors (Lipinski definition) is 1. The maximum atomic E-state index is 12.2. The molecule has 0 unspecified atom stereocenters. The normalized spacial score (nSPS) is 13.4. The van der Waals surface area contributed by atoms with Gasteiger partial charge in [0, 0.05) is 11.1 Å². The van der Waals surface area contributed by atoms with Crippen molar-refractivity contribution in [2.75, 3.05) is 19.8 Å². The summed E-state index contributed by atoms with van der Waals surface area (Å²) in [7, 11) is 0. The van der Waals surface area contributed by atoms with Crippen molar-refractivity contribution in [2.24, 2.45) is 0 Å². The van der Waals surface area contributed by atoms with E-state index in [1.165, 1.54) is 6.92 Å². The highest BCUT2D eigenvalue weighted by Gasteiger charge is 2.20. The van der Waals surface area contributed by atoms with Crippen molar-refractivity contribution in [1.29, 1.82) is 0 Å². The highest BCUT2D eigenvalue weighted by atomic mass is 16.6. The zero-order valence-electron chi connectivity index (χ0n) is 14.8. The Morgan fingerprint density at radius 3 is 2.44 bits per heavy atom. The van der Waals surface area contributed by atoms with Gasteiger partial charge in [0.25, 0.3) is 5.91 Å². The van der Waals surface area contributed by atoms with E-state index in [-0.39, 0.29) is 5.78 Å². The minimum absolute atomic E-state index is 0.355. The van der Waals surface area contributed by atoms with Crippen LogP contribution in [0.15, 0.2) is 48.5 Å². The van der Waals surface area contributed by atoms with Gasteiger partial charge in [0.2, 0.25) is 0 Å². The van der Waals surface area contributed by atoms with E-state index in [0.717, 1.165) is 0 Å². The molecule has 27 heavy (non-hydrogen) atoms. The highest BCUT2D eigenvalue weighted by molar-refractivity contribution is 5.99. The molecule has 0 aromatic heterocycles. The molecule has 0 saturated carbocycles. The lowest BCUT2D eigenvalue weighted by atomic mass is 10.1. The molecular weight excluding hydrogens is 350 g/mol. The molecule has 1 aliphatic heterocycles. The molecule has 1 aliphatic rings. The fourth-order valence-electron chi connectivity index (χ4n) is 2.49. The van der Waals surface area contributed by atoms with Crippen LogP contribution in [0.1, 0.15) is 27.6 Å². The summed E-state index contributed by atoms with van der Waals surface area (Å²) in [6.07, 6.45) is 0. The third-order valence-corrected chi connectivity index (χ3v) is 3.95. The number of Topliss-reactive ketones (excluding diaryl/α,β-unsaturated/α-hetero) is 1. The van der Waals surface area contributed by atoms with E-state index in [0.29, 0.717) is 35.8 Å². The lowest BCUT2D eigenvalue weighted by molar-refractivity contribution is -0.144. The minimum Gasteiger partial charge on any atom is -0.486 e. The van der Waals surface area contributed by atoms with Gasteiger partial charge >= 0.3 is 5.97 Å². The fraction of sp³-hybridized carbons (Fsp3) is 0.250. The molecule has 0 spiro atoms. The number of carbonyl (C=O) groups is 3. The van der Waals surface area contributed by atoms with E-state index in [4.69, 9.17) is 14.2 Å². The Bertz CT molecular complexity index is 849. The first-order valence-corrected chi connectivity index (χ1v) is 8.50. The first kappa shape index (κ1) is 18.4.